The topological polar surface area (TPSA) is 29.3 Å². The van der Waals surface area contributed by atoms with Crippen molar-refractivity contribution in [3.05, 3.63) is 34.9 Å². The van der Waals surface area contributed by atoms with E-state index in [1.165, 1.54) is 5.56 Å². The summed E-state index contributed by atoms with van der Waals surface area (Å²) in [4.78, 5) is 2.32. The van der Waals surface area contributed by atoms with Crippen molar-refractivity contribution in [3.63, 3.8) is 0 Å². The Morgan fingerprint density at radius 3 is 2.35 bits per heavy atom. The molecule has 0 radical (unpaired) electrons. The number of hydrogen-bond acceptors (Lipinski definition) is 2. The van der Waals surface area contributed by atoms with Gasteiger partial charge in [0, 0.05) is 18.1 Å². The number of nitrogens with two attached hydrogens (primary N) is 1. The van der Waals surface area contributed by atoms with Crippen molar-refractivity contribution in [2.75, 3.05) is 20.1 Å². The highest BCUT2D eigenvalue weighted by Crippen LogP contribution is 2.21. The van der Waals surface area contributed by atoms with E-state index in [1.54, 1.807) is 0 Å². The predicted molar refractivity (Wildman–Crippen MR) is 75.2 cm³/mol. The molecule has 3 heteroatoms. The molecule has 0 saturated heterocycles. The van der Waals surface area contributed by atoms with Gasteiger partial charge >= 0.3 is 0 Å². The highest BCUT2D eigenvalue weighted by Gasteiger charge is 2.21. The number of benzene rings is 1. The summed E-state index contributed by atoms with van der Waals surface area (Å²) in [5.74, 6) is 0. The summed E-state index contributed by atoms with van der Waals surface area (Å²) in [6, 6.07) is 8.02. The third-order valence-corrected chi connectivity index (χ3v) is 3.62. The van der Waals surface area contributed by atoms with Crippen LogP contribution in [0.15, 0.2) is 24.3 Å². The van der Waals surface area contributed by atoms with Crippen molar-refractivity contribution < 1.29 is 0 Å². The minimum Gasteiger partial charge on any atom is -0.330 e. The Bertz CT molecular complexity index is 331. The second kappa shape index (κ2) is 6.39. The summed E-state index contributed by atoms with van der Waals surface area (Å²) in [5, 5.41) is 0.789. The lowest BCUT2D eigenvalue weighted by Crippen LogP contribution is -2.38. The Labute approximate surface area is 110 Å². The maximum Gasteiger partial charge on any atom is 0.0406 e. The van der Waals surface area contributed by atoms with Crippen molar-refractivity contribution >= 4 is 11.6 Å². The summed E-state index contributed by atoms with van der Waals surface area (Å²) in [5.41, 5.74) is 7.33. The van der Waals surface area contributed by atoms with Gasteiger partial charge in [0.15, 0.2) is 0 Å². The molecule has 0 spiro atoms. The molecule has 0 aliphatic heterocycles. The smallest absolute Gasteiger partial charge is 0.0406 e. The first-order valence-corrected chi connectivity index (χ1v) is 6.50. The van der Waals surface area contributed by atoms with Gasteiger partial charge in [-0.2, -0.15) is 0 Å². The van der Waals surface area contributed by atoms with Gasteiger partial charge in [0.05, 0.1) is 0 Å². The van der Waals surface area contributed by atoms with Crippen LogP contribution in [0.5, 0.6) is 0 Å². The number of nitrogens with zero attached hydrogens (tertiary/aromatic N) is 1. The van der Waals surface area contributed by atoms with Crippen molar-refractivity contribution in [2.24, 2.45) is 11.1 Å². The van der Waals surface area contributed by atoms with Crippen LogP contribution < -0.4 is 5.73 Å². The van der Waals surface area contributed by atoms with Gasteiger partial charge < -0.3 is 10.6 Å². The normalized spacial score (nSPS) is 14.9. The Morgan fingerprint density at radius 2 is 1.88 bits per heavy atom. The largest absolute Gasteiger partial charge is 0.330 e. The van der Waals surface area contributed by atoms with Crippen LogP contribution in [0.3, 0.4) is 0 Å². The molecule has 17 heavy (non-hydrogen) atoms. The second-order valence-corrected chi connectivity index (χ2v) is 5.60. The fourth-order valence-electron chi connectivity index (χ4n) is 1.93. The number of hydrogen-bond donors (Lipinski definition) is 1. The van der Waals surface area contributed by atoms with E-state index in [0.29, 0.717) is 0 Å². The van der Waals surface area contributed by atoms with Crippen molar-refractivity contribution in [2.45, 2.75) is 26.8 Å². The van der Waals surface area contributed by atoms with Crippen LogP contribution in [-0.2, 0) is 6.54 Å². The molecule has 0 aliphatic carbocycles. The van der Waals surface area contributed by atoms with E-state index < -0.39 is 0 Å². The molecule has 1 unspecified atom stereocenters. The first kappa shape index (κ1) is 14.5. The summed E-state index contributed by atoms with van der Waals surface area (Å²) < 4.78 is 0. The lowest BCUT2D eigenvalue weighted by molar-refractivity contribution is 0.186. The van der Waals surface area contributed by atoms with E-state index in [9.17, 15) is 0 Å². The SMILES string of the molecule is CCC(C)(CN)CN(C)Cc1ccc(Cl)cc1. The van der Waals surface area contributed by atoms with Crippen LogP contribution in [0, 0.1) is 5.41 Å². The van der Waals surface area contributed by atoms with Gasteiger partial charge in [0.25, 0.3) is 0 Å². The molecule has 0 saturated carbocycles. The van der Waals surface area contributed by atoms with Gasteiger partial charge in [-0.1, -0.05) is 37.6 Å². The van der Waals surface area contributed by atoms with Crippen LogP contribution in [0.4, 0.5) is 0 Å². The molecule has 96 valence electrons. The van der Waals surface area contributed by atoms with E-state index in [4.69, 9.17) is 17.3 Å². The number of rotatable bonds is 6. The standard InChI is InChI=1S/C14H23ClN2/c1-4-14(2,10-16)11-17(3)9-12-5-7-13(15)8-6-12/h5-8H,4,9-11,16H2,1-3H3. The lowest BCUT2D eigenvalue weighted by Gasteiger charge is -2.31. The third-order valence-electron chi connectivity index (χ3n) is 3.36. The highest BCUT2D eigenvalue weighted by molar-refractivity contribution is 6.30. The van der Waals surface area contributed by atoms with Crippen LogP contribution in [-0.4, -0.2) is 25.0 Å². The van der Waals surface area contributed by atoms with Crippen LogP contribution >= 0.6 is 11.6 Å². The van der Waals surface area contributed by atoms with E-state index in [2.05, 4.69) is 37.9 Å². The minimum atomic E-state index is 0.209. The molecular weight excluding hydrogens is 232 g/mol. The predicted octanol–water partition coefficient (Wildman–Crippen LogP) is 3.15. The first-order chi connectivity index (χ1) is 7.99. The molecule has 0 heterocycles. The molecule has 2 nitrogen and oxygen atoms in total. The zero-order valence-corrected chi connectivity index (χ0v) is 11.8. The maximum atomic E-state index is 5.87. The first-order valence-electron chi connectivity index (χ1n) is 6.12. The van der Waals surface area contributed by atoms with Gasteiger partial charge in [-0.05, 0) is 43.1 Å². The highest BCUT2D eigenvalue weighted by atomic mass is 35.5. The van der Waals surface area contributed by atoms with Gasteiger partial charge in [-0.15, -0.1) is 0 Å². The quantitative estimate of drug-likeness (QED) is 0.845. The Kier molecular flexibility index (Phi) is 5.44. The molecule has 2 N–H and O–H groups in total. The van der Waals surface area contributed by atoms with Gasteiger partial charge in [-0.25, -0.2) is 0 Å². The molecule has 1 aromatic rings. The summed E-state index contributed by atoms with van der Waals surface area (Å²) in [7, 11) is 2.14. The summed E-state index contributed by atoms with van der Waals surface area (Å²) >= 11 is 5.87. The molecule has 0 aliphatic rings. The van der Waals surface area contributed by atoms with Crippen LogP contribution in [0.1, 0.15) is 25.8 Å². The monoisotopic (exact) mass is 254 g/mol. The molecule has 0 aromatic heterocycles. The Balaban J connectivity index is 2.54. The zero-order valence-electron chi connectivity index (χ0n) is 11.0. The van der Waals surface area contributed by atoms with E-state index in [-0.39, 0.29) is 5.41 Å². The third kappa shape index (κ3) is 4.66. The van der Waals surface area contributed by atoms with E-state index >= 15 is 0 Å². The maximum absolute atomic E-state index is 5.87. The number of halogens is 1. The van der Waals surface area contributed by atoms with Crippen molar-refractivity contribution in [1.29, 1.82) is 0 Å². The fraction of sp³-hybridized carbons (Fsp3) is 0.571. The minimum absolute atomic E-state index is 0.209. The molecule has 0 amide bonds. The summed E-state index contributed by atoms with van der Waals surface area (Å²) in [6.07, 6.45) is 1.11. The van der Waals surface area contributed by atoms with Gasteiger partial charge in [0.1, 0.15) is 0 Å². The molecule has 0 fully saturated rings. The zero-order chi connectivity index (χ0) is 12.9. The van der Waals surface area contributed by atoms with Gasteiger partial charge in [-0.3, -0.25) is 0 Å². The van der Waals surface area contributed by atoms with Crippen LogP contribution in [0.25, 0.3) is 0 Å². The Morgan fingerprint density at radius 1 is 1.29 bits per heavy atom. The lowest BCUT2D eigenvalue weighted by atomic mass is 9.87. The van der Waals surface area contributed by atoms with Gasteiger partial charge in [0.2, 0.25) is 0 Å². The Hall–Kier alpha value is -0.570. The average Bonchev–Trinajstić information content (AvgIpc) is 2.32. The van der Waals surface area contributed by atoms with Crippen molar-refractivity contribution in [1.82, 2.24) is 4.90 Å². The molecule has 1 atom stereocenters. The molecule has 1 aromatic carbocycles. The molecule has 0 bridgehead atoms. The molecular formula is C14H23ClN2. The molecule has 1 rings (SSSR count). The van der Waals surface area contributed by atoms with Crippen molar-refractivity contribution in [3.8, 4) is 0 Å². The van der Waals surface area contributed by atoms with E-state index in [0.717, 1.165) is 31.1 Å². The average molecular weight is 255 g/mol. The van der Waals surface area contributed by atoms with E-state index in [1.807, 2.05) is 12.1 Å². The summed E-state index contributed by atoms with van der Waals surface area (Å²) in [6.45, 7) is 7.12. The fourth-order valence-corrected chi connectivity index (χ4v) is 2.06. The van der Waals surface area contributed by atoms with Crippen LogP contribution in [0.2, 0.25) is 5.02 Å². The second-order valence-electron chi connectivity index (χ2n) is 5.17.